The molecule has 0 aliphatic carbocycles. The lowest BCUT2D eigenvalue weighted by molar-refractivity contribution is -0.129. The minimum absolute atomic E-state index is 0.0739. The molecule has 0 bridgehead atoms. The lowest BCUT2D eigenvalue weighted by Crippen LogP contribution is -2.43. The molecule has 2 aliphatic rings. The van der Waals surface area contributed by atoms with Crippen LogP contribution in [-0.4, -0.2) is 39.4 Å². The number of benzene rings is 1. The molecule has 3 heterocycles. The van der Waals surface area contributed by atoms with Gasteiger partial charge in [-0.1, -0.05) is 18.2 Å². The van der Waals surface area contributed by atoms with Gasteiger partial charge in [0.05, 0.1) is 12.1 Å². The van der Waals surface area contributed by atoms with E-state index in [1.165, 1.54) is 6.42 Å². The maximum absolute atomic E-state index is 12.1. The van der Waals surface area contributed by atoms with Gasteiger partial charge in [-0.15, -0.1) is 0 Å². The highest BCUT2D eigenvalue weighted by Crippen LogP contribution is 2.30. The highest BCUT2D eigenvalue weighted by molar-refractivity contribution is 5.80. The first-order valence-electron chi connectivity index (χ1n) is 8.41. The summed E-state index contributed by atoms with van der Waals surface area (Å²) in [6.45, 7) is 0.875. The third kappa shape index (κ3) is 3.04. The van der Waals surface area contributed by atoms with E-state index < -0.39 is 0 Å². The average Bonchev–Trinajstić information content (AvgIpc) is 2.93. The van der Waals surface area contributed by atoms with E-state index in [4.69, 9.17) is 4.74 Å². The van der Waals surface area contributed by atoms with Crippen LogP contribution in [0.1, 0.15) is 25.7 Å². The summed E-state index contributed by atoms with van der Waals surface area (Å²) in [5, 5.41) is 3.33. The van der Waals surface area contributed by atoms with Gasteiger partial charge in [0.25, 0.3) is 0 Å². The molecule has 2 aromatic rings. The molecule has 2 aliphatic heterocycles. The van der Waals surface area contributed by atoms with Crippen molar-refractivity contribution in [3.05, 3.63) is 42.6 Å². The van der Waals surface area contributed by atoms with E-state index in [-0.39, 0.29) is 18.0 Å². The zero-order chi connectivity index (χ0) is 16.4. The molecular formula is C18H20N4O2. The molecule has 0 saturated carbocycles. The average molecular weight is 324 g/mol. The Hall–Kier alpha value is -2.63. The standard InChI is InChI=1S/C18H20N4O2/c23-17-12-14(15-8-4-5-11-22(15)17)20-18-19-10-9-16(21-18)24-13-6-2-1-3-7-13/h1-3,6-7,9-10,14-15H,4-5,8,11-12H2,(H,19,20,21). The van der Waals surface area contributed by atoms with Gasteiger partial charge in [0.15, 0.2) is 0 Å². The maximum Gasteiger partial charge on any atom is 0.226 e. The number of aromatic nitrogens is 2. The van der Waals surface area contributed by atoms with Gasteiger partial charge in [-0.2, -0.15) is 4.98 Å². The second-order valence-electron chi connectivity index (χ2n) is 6.24. The minimum atomic E-state index is 0.0739. The third-order valence-corrected chi connectivity index (χ3v) is 4.64. The molecule has 4 rings (SSSR count). The molecule has 24 heavy (non-hydrogen) atoms. The largest absolute Gasteiger partial charge is 0.439 e. The Balaban J connectivity index is 1.47. The van der Waals surface area contributed by atoms with Gasteiger partial charge >= 0.3 is 0 Å². The lowest BCUT2D eigenvalue weighted by atomic mass is 9.99. The van der Waals surface area contributed by atoms with Gasteiger partial charge in [0, 0.05) is 25.2 Å². The van der Waals surface area contributed by atoms with Crippen LogP contribution in [0.4, 0.5) is 5.95 Å². The molecule has 1 N–H and O–H groups in total. The van der Waals surface area contributed by atoms with Crippen LogP contribution in [0.5, 0.6) is 11.6 Å². The molecule has 6 nitrogen and oxygen atoms in total. The van der Waals surface area contributed by atoms with Crippen LogP contribution in [-0.2, 0) is 4.79 Å². The van der Waals surface area contributed by atoms with Crippen molar-refractivity contribution in [1.29, 1.82) is 0 Å². The summed E-state index contributed by atoms with van der Waals surface area (Å²) in [7, 11) is 0. The third-order valence-electron chi connectivity index (χ3n) is 4.64. The first-order valence-corrected chi connectivity index (χ1v) is 8.41. The van der Waals surface area contributed by atoms with E-state index in [0.717, 1.165) is 25.1 Å². The number of rotatable bonds is 4. The van der Waals surface area contributed by atoms with Crippen LogP contribution < -0.4 is 10.1 Å². The molecule has 2 atom stereocenters. The van der Waals surface area contributed by atoms with E-state index >= 15 is 0 Å². The van der Waals surface area contributed by atoms with Crippen molar-refractivity contribution < 1.29 is 9.53 Å². The highest BCUT2D eigenvalue weighted by Gasteiger charge is 2.41. The minimum Gasteiger partial charge on any atom is -0.439 e. The quantitative estimate of drug-likeness (QED) is 0.936. The normalized spacial score (nSPS) is 23.0. The van der Waals surface area contributed by atoms with Crippen molar-refractivity contribution >= 4 is 11.9 Å². The number of fused-ring (bicyclic) bond motifs is 1. The molecule has 0 spiro atoms. The molecule has 2 saturated heterocycles. The lowest BCUT2D eigenvalue weighted by Gasteiger charge is -2.32. The summed E-state index contributed by atoms with van der Waals surface area (Å²) in [5.41, 5.74) is 0. The first kappa shape index (κ1) is 14.9. The van der Waals surface area contributed by atoms with Gasteiger partial charge in [0.1, 0.15) is 5.75 Å². The second kappa shape index (κ2) is 6.47. The molecule has 6 heteroatoms. The van der Waals surface area contributed by atoms with Crippen LogP contribution in [0.2, 0.25) is 0 Å². The van der Waals surface area contributed by atoms with Crippen LogP contribution in [0.3, 0.4) is 0 Å². The Kier molecular flexibility index (Phi) is 4.02. The molecule has 0 radical (unpaired) electrons. The van der Waals surface area contributed by atoms with Gasteiger partial charge in [-0.25, -0.2) is 4.98 Å². The number of piperidine rings is 1. The van der Waals surface area contributed by atoms with E-state index in [2.05, 4.69) is 15.3 Å². The van der Waals surface area contributed by atoms with Gasteiger partial charge in [-0.3, -0.25) is 4.79 Å². The Morgan fingerprint density at radius 3 is 2.92 bits per heavy atom. The van der Waals surface area contributed by atoms with Crippen LogP contribution in [0.15, 0.2) is 42.6 Å². The molecule has 1 aromatic heterocycles. The number of anilines is 1. The number of hydrogen-bond acceptors (Lipinski definition) is 5. The van der Waals surface area contributed by atoms with E-state index in [0.29, 0.717) is 18.2 Å². The number of carbonyl (C=O) groups is 1. The summed E-state index contributed by atoms with van der Waals surface area (Å²) in [5.74, 6) is 1.96. The highest BCUT2D eigenvalue weighted by atomic mass is 16.5. The Labute approximate surface area is 140 Å². The fourth-order valence-corrected chi connectivity index (χ4v) is 3.52. The van der Waals surface area contributed by atoms with Gasteiger partial charge in [-0.05, 0) is 31.4 Å². The smallest absolute Gasteiger partial charge is 0.226 e. The van der Waals surface area contributed by atoms with Crippen LogP contribution in [0, 0.1) is 0 Å². The predicted molar refractivity (Wildman–Crippen MR) is 89.9 cm³/mol. The Bertz CT molecular complexity index is 722. The van der Waals surface area contributed by atoms with Crippen molar-refractivity contribution in [3.63, 3.8) is 0 Å². The van der Waals surface area contributed by atoms with Crippen molar-refractivity contribution in [3.8, 4) is 11.6 Å². The van der Waals surface area contributed by atoms with Crippen LogP contribution in [0.25, 0.3) is 0 Å². The first-order chi connectivity index (χ1) is 11.8. The van der Waals surface area contributed by atoms with Gasteiger partial charge in [0.2, 0.25) is 17.7 Å². The predicted octanol–water partition coefficient (Wildman–Crippen LogP) is 2.83. The monoisotopic (exact) mass is 324 g/mol. The number of nitrogens with one attached hydrogen (secondary N) is 1. The van der Waals surface area contributed by atoms with Crippen molar-refractivity contribution in [1.82, 2.24) is 14.9 Å². The zero-order valence-electron chi connectivity index (χ0n) is 13.4. The Morgan fingerprint density at radius 2 is 2.04 bits per heavy atom. The number of nitrogens with zero attached hydrogens (tertiary/aromatic N) is 3. The van der Waals surface area contributed by atoms with Gasteiger partial charge < -0.3 is 15.0 Å². The van der Waals surface area contributed by atoms with Crippen molar-refractivity contribution in [2.75, 3.05) is 11.9 Å². The van der Waals surface area contributed by atoms with E-state index in [1.54, 1.807) is 12.3 Å². The molecule has 2 fully saturated rings. The summed E-state index contributed by atoms with van der Waals surface area (Å²) >= 11 is 0. The fourth-order valence-electron chi connectivity index (χ4n) is 3.52. The SMILES string of the molecule is O=C1CC(Nc2nccc(Oc3ccccc3)n2)C2CCCCN12. The van der Waals surface area contributed by atoms with E-state index in [1.807, 2.05) is 35.2 Å². The van der Waals surface area contributed by atoms with Crippen LogP contribution >= 0.6 is 0 Å². The zero-order valence-corrected chi connectivity index (χ0v) is 13.4. The van der Waals surface area contributed by atoms with Crippen molar-refractivity contribution in [2.45, 2.75) is 37.8 Å². The summed E-state index contributed by atoms with van der Waals surface area (Å²) in [4.78, 5) is 22.8. The van der Waals surface area contributed by atoms with E-state index in [9.17, 15) is 4.79 Å². The molecular weight excluding hydrogens is 304 g/mol. The summed E-state index contributed by atoms with van der Waals surface area (Å²) in [6, 6.07) is 11.6. The number of amides is 1. The number of carbonyl (C=O) groups excluding carboxylic acids is 1. The molecule has 1 aromatic carbocycles. The molecule has 124 valence electrons. The number of para-hydroxylation sites is 1. The second-order valence-corrected chi connectivity index (χ2v) is 6.24. The fraction of sp³-hybridized carbons (Fsp3) is 0.389. The molecule has 2 unspecified atom stereocenters. The number of ether oxygens (including phenoxy) is 1. The maximum atomic E-state index is 12.1. The van der Waals surface area contributed by atoms with Crippen molar-refractivity contribution in [2.24, 2.45) is 0 Å². The molecule has 1 amide bonds. The Morgan fingerprint density at radius 1 is 1.17 bits per heavy atom. The number of hydrogen-bond donors (Lipinski definition) is 1. The topological polar surface area (TPSA) is 67.3 Å². The summed E-state index contributed by atoms with van der Waals surface area (Å²) < 4.78 is 5.74. The summed E-state index contributed by atoms with van der Waals surface area (Å²) in [6.07, 6.45) is 5.50.